The highest BCUT2D eigenvalue weighted by Gasteiger charge is 2.31. The van der Waals surface area contributed by atoms with Crippen molar-refractivity contribution in [3.63, 3.8) is 0 Å². The van der Waals surface area contributed by atoms with E-state index < -0.39 is 29.6 Å². The van der Waals surface area contributed by atoms with E-state index in [2.05, 4.69) is 25.6 Å². The molecule has 1 aliphatic heterocycles. The Labute approximate surface area is 206 Å². The number of carbonyl (C=O) groups is 3. The topological polar surface area (TPSA) is 149 Å². The molecule has 188 valence electrons. The van der Waals surface area contributed by atoms with Crippen LogP contribution in [0.2, 0.25) is 0 Å². The Balaban J connectivity index is 1.44. The molecule has 2 unspecified atom stereocenters. The average molecular weight is 495 g/mol. The molecule has 3 amide bonds. The van der Waals surface area contributed by atoms with Gasteiger partial charge in [-0.1, -0.05) is 23.8 Å². The van der Waals surface area contributed by atoms with Gasteiger partial charge in [0.2, 0.25) is 11.8 Å². The molecule has 0 radical (unpaired) electrons. The number of nitrogens with one attached hydrogen (secondary N) is 1. The third-order valence-corrected chi connectivity index (χ3v) is 6.02. The Morgan fingerprint density at radius 2 is 2.00 bits per heavy atom. The SMILES string of the molecule is NC(=O)CC(NC(=O)c1ccccc1F)C(=O)N1CCCCC(Cn2cc(-c3cnccn3)nn2)C1. The summed E-state index contributed by atoms with van der Waals surface area (Å²) in [5.74, 6) is -2.59. The third kappa shape index (κ3) is 6.26. The monoisotopic (exact) mass is 494 g/mol. The zero-order chi connectivity index (χ0) is 25.5. The molecule has 1 fully saturated rings. The molecule has 12 heteroatoms. The number of likely N-dealkylation sites (tertiary alicyclic amines) is 1. The minimum atomic E-state index is -1.19. The fourth-order valence-corrected chi connectivity index (χ4v) is 4.28. The number of nitrogens with zero attached hydrogens (tertiary/aromatic N) is 6. The lowest BCUT2D eigenvalue weighted by atomic mass is 10.0. The molecule has 4 rings (SSSR count). The maximum Gasteiger partial charge on any atom is 0.254 e. The number of hydrogen-bond acceptors (Lipinski definition) is 7. The molecule has 11 nitrogen and oxygen atoms in total. The zero-order valence-electron chi connectivity index (χ0n) is 19.6. The number of halogens is 1. The summed E-state index contributed by atoms with van der Waals surface area (Å²) in [6, 6.07) is 4.25. The molecular formula is C24H27FN8O3. The first-order valence-electron chi connectivity index (χ1n) is 11.7. The maximum atomic E-state index is 14.1. The van der Waals surface area contributed by atoms with E-state index in [0.29, 0.717) is 31.0 Å². The fourth-order valence-electron chi connectivity index (χ4n) is 4.28. The minimum Gasteiger partial charge on any atom is -0.370 e. The summed E-state index contributed by atoms with van der Waals surface area (Å²) in [6.07, 6.45) is 8.71. The highest BCUT2D eigenvalue weighted by atomic mass is 19.1. The minimum absolute atomic E-state index is 0.0735. The van der Waals surface area contributed by atoms with Gasteiger partial charge in [-0.3, -0.25) is 29.0 Å². The number of benzene rings is 1. The van der Waals surface area contributed by atoms with Crippen LogP contribution in [0.15, 0.2) is 49.1 Å². The first-order valence-corrected chi connectivity index (χ1v) is 11.7. The molecule has 3 N–H and O–H groups in total. The van der Waals surface area contributed by atoms with Gasteiger partial charge in [0.25, 0.3) is 5.91 Å². The number of primary amides is 1. The highest BCUT2D eigenvalue weighted by Crippen LogP contribution is 2.20. The molecule has 0 aliphatic carbocycles. The molecule has 1 saturated heterocycles. The van der Waals surface area contributed by atoms with Crippen LogP contribution >= 0.6 is 0 Å². The van der Waals surface area contributed by atoms with Crippen LogP contribution in [0.1, 0.15) is 36.0 Å². The van der Waals surface area contributed by atoms with E-state index in [0.717, 1.165) is 25.3 Å². The van der Waals surface area contributed by atoms with Gasteiger partial charge in [0.15, 0.2) is 0 Å². The number of hydrogen-bond donors (Lipinski definition) is 2. The van der Waals surface area contributed by atoms with Crippen molar-refractivity contribution >= 4 is 17.7 Å². The largest absolute Gasteiger partial charge is 0.370 e. The van der Waals surface area contributed by atoms with E-state index in [1.54, 1.807) is 34.4 Å². The summed E-state index contributed by atoms with van der Waals surface area (Å²) in [7, 11) is 0. The van der Waals surface area contributed by atoms with Gasteiger partial charge < -0.3 is 16.0 Å². The van der Waals surface area contributed by atoms with E-state index in [1.165, 1.54) is 18.2 Å². The number of nitrogens with two attached hydrogens (primary N) is 1. The smallest absolute Gasteiger partial charge is 0.254 e. The Hall–Kier alpha value is -4.22. The molecule has 3 heterocycles. The summed E-state index contributed by atoms with van der Waals surface area (Å²) < 4.78 is 15.8. The molecule has 1 aliphatic rings. The standard InChI is InChI=1S/C24H27FN8O3/c25-18-7-2-1-6-17(18)23(35)29-19(11-22(26)34)24(36)32-10-4-3-5-16(13-32)14-33-15-21(30-31-33)20-12-27-8-9-28-20/h1-2,6-9,12,15-16,19H,3-5,10-11,13-14H2,(H2,26,34)(H,29,35). The summed E-state index contributed by atoms with van der Waals surface area (Å²) in [6.45, 7) is 1.41. The number of aromatic nitrogens is 5. The zero-order valence-corrected chi connectivity index (χ0v) is 19.6. The van der Waals surface area contributed by atoms with Crippen molar-refractivity contribution in [2.45, 2.75) is 38.3 Å². The Bertz CT molecular complexity index is 1220. The van der Waals surface area contributed by atoms with Gasteiger partial charge in [0.1, 0.15) is 23.2 Å². The van der Waals surface area contributed by atoms with Gasteiger partial charge in [0.05, 0.1) is 24.4 Å². The van der Waals surface area contributed by atoms with Crippen LogP contribution in [0.25, 0.3) is 11.4 Å². The van der Waals surface area contributed by atoms with Crippen molar-refractivity contribution in [1.29, 1.82) is 0 Å². The van der Waals surface area contributed by atoms with E-state index in [-0.39, 0.29) is 17.9 Å². The summed E-state index contributed by atoms with van der Waals surface area (Å²) in [4.78, 5) is 47.6. The van der Waals surface area contributed by atoms with E-state index in [1.807, 2.05) is 0 Å². The van der Waals surface area contributed by atoms with Crippen molar-refractivity contribution in [2.24, 2.45) is 11.7 Å². The van der Waals surface area contributed by atoms with Crippen molar-refractivity contribution in [3.8, 4) is 11.4 Å². The number of rotatable bonds is 8. The van der Waals surface area contributed by atoms with Crippen molar-refractivity contribution in [1.82, 2.24) is 35.2 Å². The maximum absolute atomic E-state index is 14.1. The lowest BCUT2D eigenvalue weighted by Crippen LogP contribution is -2.51. The first-order chi connectivity index (χ1) is 17.4. The molecule has 2 aromatic heterocycles. The predicted molar refractivity (Wildman–Crippen MR) is 126 cm³/mol. The molecule has 1 aromatic carbocycles. The normalized spacial score (nSPS) is 16.7. The van der Waals surface area contributed by atoms with Crippen LogP contribution < -0.4 is 11.1 Å². The molecule has 0 bridgehead atoms. The van der Waals surface area contributed by atoms with E-state index in [9.17, 15) is 18.8 Å². The van der Waals surface area contributed by atoms with Gasteiger partial charge in [-0.15, -0.1) is 5.10 Å². The van der Waals surface area contributed by atoms with Crippen LogP contribution in [-0.2, 0) is 16.1 Å². The predicted octanol–water partition coefficient (Wildman–Crippen LogP) is 1.18. The fraction of sp³-hybridized carbons (Fsp3) is 0.375. The highest BCUT2D eigenvalue weighted by molar-refractivity contribution is 5.99. The third-order valence-electron chi connectivity index (χ3n) is 6.02. The van der Waals surface area contributed by atoms with Crippen LogP contribution in [0.3, 0.4) is 0 Å². The first kappa shape index (κ1) is 24.9. The van der Waals surface area contributed by atoms with Crippen LogP contribution in [0, 0.1) is 11.7 Å². The molecular weight excluding hydrogens is 467 g/mol. The van der Waals surface area contributed by atoms with Crippen molar-refractivity contribution in [2.75, 3.05) is 13.1 Å². The van der Waals surface area contributed by atoms with Gasteiger partial charge >= 0.3 is 0 Å². The molecule has 3 aromatic rings. The Kier molecular flexibility index (Phi) is 7.93. The summed E-state index contributed by atoms with van der Waals surface area (Å²) >= 11 is 0. The second-order valence-electron chi connectivity index (χ2n) is 8.74. The summed E-state index contributed by atoms with van der Waals surface area (Å²) in [5, 5.41) is 10.8. The molecule has 36 heavy (non-hydrogen) atoms. The van der Waals surface area contributed by atoms with E-state index in [4.69, 9.17) is 5.73 Å². The molecule has 0 spiro atoms. The average Bonchev–Trinajstić information content (AvgIpc) is 3.21. The summed E-state index contributed by atoms with van der Waals surface area (Å²) in [5.41, 5.74) is 6.35. The lowest BCUT2D eigenvalue weighted by Gasteiger charge is -2.28. The Morgan fingerprint density at radius 3 is 2.75 bits per heavy atom. The van der Waals surface area contributed by atoms with Gasteiger partial charge in [-0.05, 0) is 30.9 Å². The number of amides is 3. The second kappa shape index (κ2) is 11.5. The lowest BCUT2D eigenvalue weighted by molar-refractivity contribution is -0.135. The van der Waals surface area contributed by atoms with Gasteiger partial charge in [-0.25, -0.2) is 4.39 Å². The quantitative estimate of drug-likeness (QED) is 0.477. The second-order valence-corrected chi connectivity index (χ2v) is 8.74. The Morgan fingerprint density at radius 1 is 1.17 bits per heavy atom. The van der Waals surface area contributed by atoms with Gasteiger partial charge in [0, 0.05) is 32.0 Å². The van der Waals surface area contributed by atoms with Crippen molar-refractivity contribution in [3.05, 3.63) is 60.4 Å². The van der Waals surface area contributed by atoms with Crippen LogP contribution in [-0.4, -0.2) is 66.7 Å². The number of carbonyl (C=O) groups excluding carboxylic acids is 3. The molecule has 2 atom stereocenters. The van der Waals surface area contributed by atoms with Crippen LogP contribution in [0.5, 0.6) is 0 Å². The van der Waals surface area contributed by atoms with Gasteiger partial charge in [-0.2, -0.15) is 0 Å². The van der Waals surface area contributed by atoms with Crippen molar-refractivity contribution < 1.29 is 18.8 Å². The molecule has 0 saturated carbocycles. The van der Waals surface area contributed by atoms with Crippen LogP contribution in [0.4, 0.5) is 4.39 Å². The van der Waals surface area contributed by atoms with E-state index >= 15 is 0 Å².